The highest BCUT2D eigenvalue weighted by molar-refractivity contribution is 7.52. The van der Waals surface area contributed by atoms with Crippen LogP contribution in [0.1, 0.15) is 65.2 Å². The van der Waals surface area contributed by atoms with Gasteiger partial charge in [-0.15, -0.1) is 0 Å². The van der Waals surface area contributed by atoms with Gasteiger partial charge in [-0.2, -0.15) is 0 Å². The van der Waals surface area contributed by atoms with E-state index >= 15 is 0 Å². The van der Waals surface area contributed by atoms with Crippen LogP contribution in [0.25, 0.3) is 0 Å². The number of hydrogen-bond donors (Lipinski definition) is 5. The fourth-order valence-electron chi connectivity index (χ4n) is 5.95. The zero-order chi connectivity index (χ0) is 40.0. The molecule has 56 heavy (non-hydrogen) atoms. The average molecular weight is 792 g/mol. The number of carbonyl (C=O) groups excluding carboxylic acids is 1. The van der Waals surface area contributed by atoms with E-state index in [0.29, 0.717) is 12.8 Å². The van der Waals surface area contributed by atoms with E-state index in [9.17, 15) is 19.6 Å². The molecule has 15 heteroatoms. The summed E-state index contributed by atoms with van der Waals surface area (Å²) in [5.74, 6) is 0.414. The van der Waals surface area contributed by atoms with E-state index in [1.807, 2.05) is 12.2 Å². The lowest BCUT2D eigenvalue weighted by atomic mass is 10.1. The largest absolute Gasteiger partial charge is 0.459 e. The molecule has 0 radical (unpaired) electrons. The van der Waals surface area contributed by atoms with Crippen molar-refractivity contribution in [2.24, 2.45) is 20.7 Å². The van der Waals surface area contributed by atoms with Gasteiger partial charge in [-0.05, 0) is 64.0 Å². The normalized spacial score (nSPS) is 25.4. The number of rotatable bonds is 24. The number of carbonyl (C=O) groups is 1. The van der Waals surface area contributed by atoms with E-state index in [2.05, 4.69) is 93.1 Å². The van der Waals surface area contributed by atoms with Crippen molar-refractivity contribution in [1.29, 1.82) is 0 Å². The first-order valence-electron chi connectivity index (χ1n) is 19.3. The Kier molecular flexibility index (Phi) is 19.2. The zero-order valence-electron chi connectivity index (χ0n) is 32.3. The molecule has 8 atom stereocenters. The number of nitrogens with zero attached hydrogens (tertiary/aromatic N) is 4. The second-order valence-corrected chi connectivity index (χ2v) is 15.0. The predicted molar refractivity (Wildman–Crippen MR) is 222 cm³/mol. The Morgan fingerprint density at radius 1 is 0.911 bits per heavy atom. The van der Waals surface area contributed by atoms with Crippen LogP contribution in [0.2, 0.25) is 0 Å². The fraction of sp³-hybridized carbons (Fsp3) is 0.463. The van der Waals surface area contributed by atoms with Gasteiger partial charge in [0.2, 0.25) is 5.91 Å². The summed E-state index contributed by atoms with van der Waals surface area (Å²) < 4.78 is 31.8. The van der Waals surface area contributed by atoms with Gasteiger partial charge in [0.15, 0.2) is 12.4 Å². The quantitative estimate of drug-likeness (QED) is 0.0497. The Bertz CT molecular complexity index is 1680. The lowest BCUT2D eigenvalue weighted by Gasteiger charge is -2.32. The van der Waals surface area contributed by atoms with Crippen molar-refractivity contribution in [3.05, 3.63) is 103 Å². The van der Waals surface area contributed by atoms with E-state index < -0.39 is 50.6 Å². The standard InChI is InChI=1S/C41H58N7O7P/c1-3-4-5-6-7-8-9-10-11-12-13-14-15-16-17-18-19-20-24-27-34(49)43-28-29-47-56(52,55-33-25-22-21-23-26-33)54-32(2)38-36(50)37(51)41(53-38)48-31-46-35-39(42)44-30-45-40(35)48/h4-5,7-8,10-11,13-14,16-17,19-23,25-26,30-32,35-38,40-41,50-51H,3,6,9,12,15,18,24,27-29H2,1-2H3,(H,43,49)(H,47,52)(H2,42,44,45)/b5-4-,8-7-,11-10-,14-13-,17-16-,20-19-/t32?,35?,36-,37+,38+,40?,41+,56?/m0/s1. The highest BCUT2D eigenvalue weighted by atomic mass is 31.2. The summed E-state index contributed by atoms with van der Waals surface area (Å²) in [5.41, 5.74) is 5.96. The van der Waals surface area contributed by atoms with Gasteiger partial charge in [-0.1, -0.05) is 98.0 Å². The van der Waals surface area contributed by atoms with E-state index in [1.165, 1.54) is 12.7 Å². The molecule has 3 aliphatic rings. The molecule has 0 aliphatic carbocycles. The fourth-order valence-corrected chi connectivity index (χ4v) is 7.48. The van der Waals surface area contributed by atoms with Crippen LogP contribution in [0.4, 0.5) is 0 Å². The van der Waals surface area contributed by atoms with Crippen molar-refractivity contribution >= 4 is 32.2 Å². The maximum atomic E-state index is 14.0. The number of amides is 1. The van der Waals surface area contributed by atoms with Crippen molar-refractivity contribution in [1.82, 2.24) is 15.3 Å². The van der Waals surface area contributed by atoms with Crippen molar-refractivity contribution in [3.63, 3.8) is 0 Å². The lowest BCUT2D eigenvalue weighted by Crippen LogP contribution is -2.51. The number of hydrogen-bond acceptors (Lipinski definition) is 12. The number of nitrogens with two attached hydrogens (primary N) is 1. The molecule has 4 rings (SSSR count). The van der Waals surface area contributed by atoms with Crippen molar-refractivity contribution in [3.8, 4) is 5.75 Å². The first-order valence-corrected chi connectivity index (χ1v) is 20.9. The zero-order valence-corrected chi connectivity index (χ0v) is 33.2. The minimum atomic E-state index is -4.09. The van der Waals surface area contributed by atoms with Gasteiger partial charge in [0, 0.05) is 19.5 Å². The van der Waals surface area contributed by atoms with Crippen molar-refractivity contribution in [2.45, 2.75) is 108 Å². The highest BCUT2D eigenvalue weighted by Crippen LogP contribution is 2.47. The molecule has 1 aromatic carbocycles. The van der Waals surface area contributed by atoms with E-state index in [4.69, 9.17) is 19.5 Å². The van der Waals surface area contributed by atoms with Gasteiger partial charge >= 0.3 is 7.75 Å². The van der Waals surface area contributed by atoms with Gasteiger partial charge in [0.25, 0.3) is 0 Å². The maximum Gasteiger partial charge on any atom is 0.459 e. The van der Waals surface area contributed by atoms with Crippen LogP contribution in [-0.4, -0.2) is 95.5 Å². The number of nitrogens with one attached hydrogen (secondary N) is 2. The summed E-state index contributed by atoms with van der Waals surface area (Å²) in [6.45, 7) is 3.93. The molecule has 1 aromatic rings. The molecule has 3 aliphatic heterocycles. The van der Waals surface area contributed by atoms with Gasteiger partial charge in [-0.25, -0.2) is 19.6 Å². The number of aliphatic imine (C=N–C) groups is 3. The monoisotopic (exact) mass is 791 g/mol. The molecule has 14 nitrogen and oxygen atoms in total. The second-order valence-electron chi connectivity index (χ2n) is 13.3. The first-order chi connectivity index (χ1) is 27.2. The molecule has 0 aromatic heterocycles. The number of para-hydroxylation sites is 1. The Balaban J connectivity index is 1.14. The van der Waals surface area contributed by atoms with Gasteiger partial charge in [-0.3, -0.25) is 14.3 Å². The first kappa shape index (κ1) is 44.3. The third-order valence-electron chi connectivity index (χ3n) is 8.87. The van der Waals surface area contributed by atoms with Crippen molar-refractivity contribution in [2.75, 3.05) is 13.1 Å². The van der Waals surface area contributed by atoms with E-state index in [1.54, 1.807) is 42.2 Å². The Morgan fingerprint density at radius 3 is 2.14 bits per heavy atom. The van der Waals surface area contributed by atoms with Crippen LogP contribution in [0, 0.1) is 0 Å². The highest BCUT2D eigenvalue weighted by Gasteiger charge is 2.52. The molecular formula is C41H58N7O7P. The molecule has 4 unspecified atom stereocenters. The molecule has 3 heterocycles. The summed E-state index contributed by atoms with van der Waals surface area (Å²) in [6.07, 6.45) is 28.5. The van der Waals surface area contributed by atoms with E-state index in [-0.39, 0.29) is 30.6 Å². The summed E-state index contributed by atoms with van der Waals surface area (Å²) >= 11 is 0. The number of aliphatic hydroxyl groups excluding tert-OH is 2. The Morgan fingerprint density at radius 2 is 1.52 bits per heavy atom. The summed E-state index contributed by atoms with van der Waals surface area (Å²) in [4.78, 5) is 26.6. The van der Waals surface area contributed by atoms with Crippen LogP contribution >= 0.6 is 7.75 Å². The second kappa shape index (κ2) is 24.3. The SMILES string of the molecule is CC/C=C\C/C=C\C/C=C\C/C=C\C/C=C\C/C=C\CCC(=O)NCCNP(=O)(Oc1ccccc1)OC(C)[C@H]1O[C@@H](N2C=NC3C(N)=NC=NC32)[C@H](O)[C@@H]1O. The number of fused-ring (bicyclic) bond motifs is 1. The summed E-state index contributed by atoms with van der Waals surface area (Å²) in [5, 5.41) is 27.5. The van der Waals surface area contributed by atoms with Gasteiger partial charge in [0.1, 0.15) is 42.3 Å². The minimum absolute atomic E-state index is 0.0656. The average Bonchev–Trinajstić information content (AvgIpc) is 3.75. The van der Waals surface area contributed by atoms with Crippen LogP contribution in [0.5, 0.6) is 5.75 Å². The summed E-state index contributed by atoms with van der Waals surface area (Å²) in [7, 11) is -4.09. The van der Waals surface area contributed by atoms with Crippen LogP contribution < -0.4 is 20.7 Å². The number of allylic oxidation sites excluding steroid dienone is 12. The smallest absolute Gasteiger partial charge is 0.413 e. The molecule has 1 fully saturated rings. The number of aliphatic hydroxyl groups is 2. The van der Waals surface area contributed by atoms with Crippen molar-refractivity contribution < 1.29 is 33.4 Å². The molecule has 1 saturated heterocycles. The predicted octanol–water partition coefficient (Wildman–Crippen LogP) is 5.65. The maximum absolute atomic E-state index is 14.0. The number of amidine groups is 1. The lowest BCUT2D eigenvalue weighted by molar-refractivity contribution is -0.120. The Hall–Kier alpha value is -4.43. The van der Waals surface area contributed by atoms with Crippen LogP contribution in [-0.2, 0) is 18.6 Å². The molecule has 1 amide bonds. The topological polar surface area (TPSA) is 193 Å². The minimum Gasteiger partial charge on any atom is -0.413 e. The third kappa shape index (κ3) is 14.6. The third-order valence-corrected chi connectivity index (χ3v) is 10.5. The Labute approximate surface area is 331 Å². The van der Waals surface area contributed by atoms with Crippen LogP contribution in [0.3, 0.4) is 0 Å². The molecular weight excluding hydrogens is 733 g/mol. The van der Waals surface area contributed by atoms with Gasteiger partial charge in [0.05, 0.1) is 12.4 Å². The number of benzene rings is 1. The van der Waals surface area contributed by atoms with Crippen LogP contribution in [0.15, 0.2) is 118 Å². The summed E-state index contributed by atoms with van der Waals surface area (Å²) in [6, 6.07) is 7.95. The molecule has 0 saturated carbocycles. The van der Waals surface area contributed by atoms with Gasteiger partial charge < -0.3 is 35.4 Å². The number of ether oxygens (including phenoxy) is 1. The molecule has 0 spiro atoms. The molecule has 0 bridgehead atoms. The molecule has 304 valence electrons. The van der Waals surface area contributed by atoms with E-state index in [0.717, 1.165) is 38.5 Å². The molecule has 6 N–H and O–H groups in total.